The van der Waals surface area contributed by atoms with Gasteiger partial charge in [-0.2, -0.15) is 5.10 Å². The molecule has 0 aliphatic heterocycles. The van der Waals surface area contributed by atoms with E-state index in [0.717, 1.165) is 5.56 Å². The normalized spacial score (nSPS) is 10.7. The Hall–Kier alpha value is -2.37. The second-order valence-electron chi connectivity index (χ2n) is 4.94. The third-order valence-corrected chi connectivity index (χ3v) is 2.53. The Morgan fingerprint density at radius 1 is 1.33 bits per heavy atom. The summed E-state index contributed by atoms with van der Waals surface area (Å²) in [6.07, 6.45) is 1.26. The minimum atomic E-state index is -0.449. The molecule has 0 unspecified atom stereocenters. The second kappa shape index (κ2) is 8.73. The lowest BCUT2D eigenvalue weighted by molar-refractivity contribution is -0.129. The first-order valence-corrected chi connectivity index (χ1v) is 6.74. The Balaban J connectivity index is 2.38. The standard InChI is InChI=1S/C15H21N3O3/c1-11(2)9-16-14(19)8-15(20)18-17-10-12-5-4-6-13(7-12)21-3/h4-7,10-11H,8-9H2,1-3H3,(H,16,19)(H,18,20). The van der Waals surface area contributed by atoms with Crippen LogP contribution in [-0.4, -0.2) is 31.7 Å². The van der Waals surface area contributed by atoms with Gasteiger partial charge in [0.2, 0.25) is 11.8 Å². The van der Waals surface area contributed by atoms with Crippen molar-refractivity contribution in [3.8, 4) is 5.75 Å². The van der Waals surface area contributed by atoms with Crippen LogP contribution in [0.4, 0.5) is 0 Å². The number of carbonyl (C=O) groups is 2. The van der Waals surface area contributed by atoms with Crippen molar-refractivity contribution < 1.29 is 14.3 Å². The fraction of sp³-hybridized carbons (Fsp3) is 0.400. The fourth-order valence-corrected chi connectivity index (χ4v) is 1.47. The number of benzene rings is 1. The van der Waals surface area contributed by atoms with E-state index in [-0.39, 0.29) is 12.3 Å². The first kappa shape index (κ1) is 16.7. The highest BCUT2D eigenvalue weighted by Gasteiger charge is 2.08. The lowest BCUT2D eigenvalue weighted by Crippen LogP contribution is -2.32. The summed E-state index contributed by atoms with van der Waals surface area (Å²) >= 11 is 0. The molecule has 0 radical (unpaired) electrons. The molecule has 0 aromatic heterocycles. The van der Waals surface area contributed by atoms with Gasteiger partial charge >= 0.3 is 0 Å². The highest BCUT2D eigenvalue weighted by atomic mass is 16.5. The number of carbonyl (C=O) groups excluding carboxylic acids is 2. The van der Waals surface area contributed by atoms with Gasteiger partial charge < -0.3 is 10.1 Å². The maximum atomic E-state index is 11.5. The molecule has 2 amide bonds. The SMILES string of the molecule is COc1cccc(C=NNC(=O)CC(=O)NCC(C)C)c1. The lowest BCUT2D eigenvalue weighted by atomic mass is 10.2. The van der Waals surface area contributed by atoms with Crippen molar-refractivity contribution in [2.24, 2.45) is 11.0 Å². The summed E-state index contributed by atoms with van der Waals surface area (Å²) in [5, 5.41) is 6.47. The quantitative estimate of drug-likeness (QED) is 0.451. The predicted molar refractivity (Wildman–Crippen MR) is 81.2 cm³/mol. The fourth-order valence-electron chi connectivity index (χ4n) is 1.47. The molecule has 0 fully saturated rings. The molecule has 0 heterocycles. The van der Waals surface area contributed by atoms with Gasteiger partial charge in [0.15, 0.2) is 0 Å². The van der Waals surface area contributed by atoms with Gasteiger partial charge in [0.05, 0.1) is 13.3 Å². The third kappa shape index (κ3) is 7.10. The number of ether oxygens (including phenoxy) is 1. The maximum Gasteiger partial charge on any atom is 0.249 e. The first-order valence-electron chi connectivity index (χ1n) is 6.74. The summed E-state index contributed by atoms with van der Waals surface area (Å²) in [6.45, 7) is 4.52. The van der Waals surface area contributed by atoms with E-state index in [2.05, 4.69) is 15.8 Å². The molecule has 0 aliphatic rings. The Kier molecular flexibility index (Phi) is 6.94. The average Bonchev–Trinajstić information content (AvgIpc) is 2.45. The highest BCUT2D eigenvalue weighted by Crippen LogP contribution is 2.10. The van der Waals surface area contributed by atoms with Crippen LogP contribution in [0.2, 0.25) is 0 Å². The average molecular weight is 291 g/mol. The van der Waals surface area contributed by atoms with Crippen molar-refractivity contribution in [1.29, 1.82) is 0 Å². The number of nitrogens with one attached hydrogen (secondary N) is 2. The van der Waals surface area contributed by atoms with Gasteiger partial charge in [-0.05, 0) is 23.6 Å². The van der Waals surface area contributed by atoms with Crippen molar-refractivity contribution in [3.05, 3.63) is 29.8 Å². The number of rotatable bonds is 7. The molecule has 2 N–H and O–H groups in total. The molecule has 0 saturated heterocycles. The Bertz CT molecular complexity index is 513. The van der Waals surface area contributed by atoms with Gasteiger partial charge in [-0.15, -0.1) is 0 Å². The van der Waals surface area contributed by atoms with Gasteiger partial charge in [0, 0.05) is 6.54 Å². The lowest BCUT2D eigenvalue weighted by Gasteiger charge is -2.06. The molecular formula is C15H21N3O3. The number of hydrogen-bond donors (Lipinski definition) is 2. The molecule has 1 aromatic rings. The van der Waals surface area contributed by atoms with Crippen LogP contribution < -0.4 is 15.5 Å². The van der Waals surface area contributed by atoms with Gasteiger partial charge in [0.1, 0.15) is 12.2 Å². The van der Waals surface area contributed by atoms with E-state index < -0.39 is 5.91 Å². The first-order chi connectivity index (χ1) is 10.0. The van der Waals surface area contributed by atoms with Crippen LogP contribution in [0.3, 0.4) is 0 Å². The summed E-state index contributed by atoms with van der Waals surface area (Å²) in [7, 11) is 1.58. The Morgan fingerprint density at radius 3 is 2.76 bits per heavy atom. The van der Waals surface area contributed by atoms with E-state index in [1.165, 1.54) is 6.21 Å². The number of methoxy groups -OCH3 is 1. The second-order valence-corrected chi connectivity index (χ2v) is 4.94. The van der Waals surface area contributed by atoms with E-state index >= 15 is 0 Å². The van der Waals surface area contributed by atoms with E-state index in [9.17, 15) is 9.59 Å². The Labute approximate surface area is 124 Å². The van der Waals surface area contributed by atoms with Gasteiger partial charge in [-0.1, -0.05) is 26.0 Å². The molecule has 0 bridgehead atoms. The molecule has 0 saturated carbocycles. The molecule has 6 nitrogen and oxygen atoms in total. The summed E-state index contributed by atoms with van der Waals surface area (Å²) in [6, 6.07) is 7.24. The molecule has 0 aliphatic carbocycles. The third-order valence-electron chi connectivity index (χ3n) is 2.53. The molecule has 1 aromatic carbocycles. The van der Waals surface area contributed by atoms with Crippen molar-refractivity contribution in [2.45, 2.75) is 20.3 Å². The van der Waals surface area contributed by atoms with Crippen LogP contribution in [0.15, 0.2) is 29.4 Å². The zero-order chi connectivity index (χ0) is 15.7. The molecule has 0 atom stereocenters. The minimum absolute atomic E-state index is 0.234. The van der Waals surface area contributed by atoms with Gasteiger partial charge in [-0.3, -0.25) is 9.59 Å². The Morgan fingerprint density at radius 2 is 2.10 bits per heavy atom. The summed E-state index contributed by atoms with van der Waals surface area (Å²) < 4.78 is 5.08. The molecule has 21 heavy (non-hydrogen) atoms. The van der Waals surface area contributed by atoms with Crippen LogP contribution in [0.5, 0.6) is 5.75 Å². The van der Waals surface area contributed by atoms with Crippen LogP contribution in [0.1, 0.15) is 25.8 Å². The topological polar surface area (TPSA) is 79.8 Å². The van der Waals surface area contributed by atoms with E-state index in [1.54, 1.807) is 13.2 Å². The molecular weight excluding hydrogens is 270 g/mol. The van der Waals surface area contributed by atoms with E-state index in [1.807, 2.05) is 32.0 Å². The maximum absolute atomic E-state index is 11.5. The number of nitrogens with zero attached hydrogens (tertiary/aromatic N) is 1. The van der Waals surface area contributed by atoms with E-state index in [0.29, 0.717) is 18.2 Å². The van der Waals surface area contributed by atoms with Crippen LogP contribution in [-0.2, 0) is 9.59 Å². The summed E-state index contributed by atoms with van der Waals surface area (Å²) in [5.41, 5.74) is 3.11. The van der Waals surface area contributed by atoms with Crippen molar-refractivity contribution in [3.63, 3.8) is 0 Å². The molecule has 6 heteroatoms. The van der Waals surface area contributed by atoms with Gasteiger partial charge in [-0.25, -0.2) is 5.43 Å². The van der Waals surface area contributed by atoms with Crippen molar-refractivity contribution >= 4 is 18.0 Å². The van der Waals surface area contributed by atoms with Crippen LogP contribution in [0, 0.1) is 5.92 Å². The number of amides is 2. The van der Waals surface area contributed by atoms with Crippen LogP contribution >= 0.6 is 0 Å². The van der Waals surface area contributed by atoms with Crippen LogP contribution in [0.25, 0.3) is 0 Å². The number of hydrazone groups is 1. The van der Waals surface area contributed by atoms with E-state index in [4.69, 9.17) is 4.74 Å². The minimum Gasteiger partial charge on any atom is -0.497 e. The van der Waals surface area contributed by atoms with Crippen molar-refractivity contribution in [2.75, 3.05) is 13.7 Å². The molecule has 0 spiro atoms. The predicted octanol–water partition coefficient (Wildman–Crippen LogP) is 1.31. The molecule has 1 rings (SSSR count). The monoisotopic (exact) mass is 291 g/mol. The largest absolute Gasteiger partial charge is 0.497 e. The highest BCUT2D eigenvalue weighted by molar-refractivity contribution is 5.97. The summed E-state index contributed by atoms with van der Waals surface area (Å²) in [5.74, 6) is 0.301. The van der Waals surface area contributed by atoms with Crippen molar-refractivity contribution in [1.82, 2.24) is 10.7 Å². The number of hydrogen-bond acceptors (Lipinski definition) is 4. The zero-order valence-electron chi connectivity index (χ0n) is 12.6. The summed E-state index contributed by atoms with van der Waals surface area (Å²) in [4.78, 5) is 22.9. The molecule has 114 valence electrons. The van der Waals surface area contributed by atoms with Gasteiger partial charge in [0.25, 0.3) is 0 Å². The smallest absolute Gasteiger partial charge is 0.249 e. The zero-order valence-corrected chi connectivity index (χ0v) is 12.6.